The fourth-order valence-electron chi connectivity index (χ4n) is 1.75. The van der Waals surface area contributed by atoms with Gasteiger partial charge in [-0.25, -0.2) is 4.39 Å². The van der Waals surface area contributed by atoms with E-state index in [0.29, 0.717) is 5.56 Å². The maximum Gasteiger partial charge on any atom is 0.433 e. The van der Waals surface area contributed by atoms with Gasteiger partial charge in [0, 0.05) is 5.56 Å². The number of aliphatic hydroxyl groups is 1. The quantitative estimate of drug-likeness (QED) is 0.874. The second kappa shape index (κ2) is 5.00. The second-order valence-electron chi connectivity index (χ2n) is 3.96. The molecule has 3 nitrogen and oxygen atoms in total. The number of nitrogens with zero attached hydrogens (tertiary/aromatic N) is 2. The van der Waals surface area contributed by atoms with Crippen LogP contribution in [-0.4, -0.2) is 14.9 Å². The maximum absolute atomic E-state index is 12.9. The molecule has 1 N–H and O–H groups in total. The van der Waals surface area contributed by atoms with Gasteiger partial charge in [-0.1, -0.05) is 12.1 Å². The molecule has 1 aromatic heterocycles. The Morgan fingerprint density at radius 1 is 1.16 bits per heavy atom. The molecule has 1 aromatic carbocycles. The van der Waals surface area contributed by atoms with Gasteiger partial charge < -0.3 is 5.11 Å². The van der Waals surface area contributed by atoms with E-state index in [9.17, 15) is 17.6 Å². The van der Waals surface area contributed by atoms with E-state index in [2.05, 4.69) is 5.10 Å². The summed E-state index contributed by atoms with van der Waals surface area (Å²) in [4.78, 5) is 0. The van der Waals surface area contributed by atoms with Gasteiger partial charge in [-0.2, -0.15) is 18.3 Å². The van der Waals surface area contributed by atoms with Crippen LogP contribution in [0.1, 0.15) is 16.8 Å². The summed E-state index contributed by atoms with van der Waals surface area (Å²) in [5, 5.41) is 12.5. The van der Waals surface area contributed by atoms with Crippen LogP contribution in [0.3, 0.4) is 0 Å². The number of halogens is 4. The first kappa shape index (κ1) is 13.5. The third-order valence-corrected chi connectivity index (χ3v) is 2.60. The molecule has 0 saturated heterocycles. The van der Waals surface area contributed by atoms with Crippen molar-refractivity contribution < 1.29 is 22.7 Å². The first-order chi connectivity index (χ1) is 8.91. The van der Waals surface area contributed by atoms with Crippen molar-refractivity contribution in [3.63, 3.8) is 0 Å². The van der Waals surface area contributed by atoms with Crippen LogP contribution in [0.5, 0.6) is 0 Å². The Balaban J connectivity index is 2.35. The molecule has 0 spiro atoms. The zero-order chi connectivity index (χ0) is 14.0. The molecule has 0 unspecified atom stereocenters. The first-order valence-corrected chi connectivity index (χ1v) is 5.39. The number of rotatable bonds is 3. The van der Waals surface area contributed by atoms with Gasteiger partial charge in [-0.3, -0.25) is 4.68 Å². The average molecular weight is 274 g/mol. The lowest BCUT2D eigenvalue weighted by molar-refractivity contribution is -0.145. The van der Waals surface area contributed by atoms with E-state index in [0.717, 1.165) is 10.9 Å². The molecule has 2 rings (SSSR count). The van der Waals surface area contributed by atoms with Crippen LogP contribution in [-0.2, 0) is 19.3 Å². The van der Waals surface area contributed by atoms with Crippen molar-refractivity contribution in [2.24, 2.45) is 0 Å². The molecule has 0 amide bonds. The molecule has 102 valence electrons. The lowest BCUT2D eigenvalue weighted by Gasteiger charge is -2.12. The van der Waals surface area contributed by atoms with Gasteiger partial charge >= 0.3 is 6.18 Å². The molecular formula is C12H10F4N2O. The standard InChI is InChI=1S/C12H10F4N2O/c13-10-3-1-8(2-4-10)6-18-11(12(14,15)16)9(7-19)5-17-18/h1-5,19H,6-7H2. The third-order valence-electron chi connectivity index (χ3n) is 2.60. The molecule has 7 heteroatoms. The molecule has 2 aromatic rings. The van der Waals surface area contributed by atoms with E-state index in [-0.39, 0.29) is 12.1 Å². The largest absolute Gasteiger partial charge is 0.433 e. The fourth-order valence-corrected chi connectivity index (χ4v) is 1.75. The number of hydrogen-bond donors (Lipinski definition) is 1. The van der Waals surface area contributed by atoms with E-state index >= 15 is 0 Å². The Hall–Kier alpha value is -1.89. The van der Waals surface area contributed by atoms with Crippen LogP contribution in [0.2, 0.25) is 0 Å². The van der Waals surface area contributed by atoms with Crippen LogP contribution >= 0.6 is 0 Å². The smallest absolute Gasteiger partial charge is 0.392 e. The first-order valence-electron chi connectivity index (χ1n) is 5.39. The Kier molecular flexibility index (Phi) is 3.57. The minimum Gasteiger partial charge on any atom is -0.392 e. The number of benzene rings is 1. The zero-order valence-electron chi connectivity index (χ0n) is 9.65. The molecule has 1 heterocycles. The monoisotopic (exact) mass is 274 g/mol. The van der Waals surface area contributed by atoms with Crippen molar-refractivity contribution in [2.45, 2.75) is 19.3 Å². The summed E-state index contributed by atoms with van der Waals surface area (Å²) >= 11 is 0. The molecule has 0 aliphatic carbocycles. The molecule has 0 bridgehead atoms. The normalized spacial score (nSPS) is 11.8. The highest BCUT2D eigenvalue weighted by molar-refractivity contribution is 5.23. The average Bonchev–Trinajstić information content (AvgIpc) is 2.75. The van der Waals surface area contributed by atoms with E-state index in [1.807, 2.05) is 0 Å². The molecule has 0 radical (unpaired) electrons. The maximum atomic E-state index is 12.9. The van der Waals surface area contributed by atoms with Crippen molar-refractivity contribution >= 4 is 0 Å². The molecule has 0 aliphatic heterocycles. The zero-order valence-corrected chi connectivity index (χ0v) is 9.65. The highest BCUT2D eigenvalue weighted by Crippen LogP contribution is 2.32. The Morgan fingerprint density at radius 2 is 1.79 bits per heavy atom. The fraction of sp³-hybridized carbons (Fsp3) is 0.250. The van der Waals surface area contributed by atoms with Crippen LogP contribution in [0, 0.1) is 5.82 Å². The molecule has 0 fully saturated rings. The summed E-state index contributed by atoms with van der Waals surface area (Å²) in [5.74, 6) is -0.462. The number of hydrogen-bond acceptors (Lipinski definition) is 2. The summed E-state index contributed by atoms with van der Waals surface area (Å²) in [5.41, 5.74) is -0.784. The van der Waals surface area contributed by atoms with Gasteiger partial charge in [-0.05, 0) is 17.7 Å². The summed E-state index contributed by atoms with van der Waals surface area (Å²) in [7, 11) is 0. The highest BCUT2D eigenvalue weighted by Gasteiger charge is 2.37. The number of alkyl halides is 3. The Bertz CT molecular complexity index is 560. The van der Waals surface area contributed by atoms with Crippen molar-refractivity contribution in [1.82, 2.24) is 9.78 Å². The van der Waals surface area contributed by atoms with E-state index in [1.54, 1.807) is 0 Å². The molecule has 19 heavy (non-hydrogen) atoms. The highest BCUT2D eigenvalue weighted by atomic mass is 19.4. The molecule has 0 aliphatic rings. The van der Waals surface area contributed by atoms with Gasteiger partial charge in [0.2, 0.25) is 0 Å². The van der Waals surface area contributed by atoms with E-state index < -0.39 is 24.3 Å². The van der Waals surface area contributed by atoms with Gasteiger partial charge in [-0.15, -0.1) is 0 Å². The van der Waals surface area contributed by atoms with Gasteiger partial charge in [0.25, 0.3) is 0 Å². The number of aromatic nitrogens is 2. The van der Waals surface area contributed by atoms with Gasteiger partial charge in [0.15, 0.2) is 0 Å². The Labute approximate surface area is 106 Å². The van der Waals surface area contributed by atoms with Crippen LogP contribution < -0.4 is 0 Å². The van der Waals surface area contributed by atoms with E-state index in [1.165, 1.54) is 24.3 Å². The van der Waals surface area contributed by atoms with Crippen molar-refractivity contribution in [3.8, 4) is 0 Å². The SMILES string of the molecule is OCc1cnn(Cc2ccc(F)cc2)c1C(F)(F)F. The predicted octanol–water partition coefficient (Wildman–Crippen LogP) is 2.58. The third kappa shape index (κ3) is 2.93. The topological polar surface area (TPSA) is 38.1 Å². The lowest BCUT2D eigenvalue weighted by atomic mass is 10.2. The van der Waals surface area contributed by atoms with E-state index in [4.69, 9.17) is 5.11 Å². The lowest BCUT2D eigenvalue weighted by Crippen LogP contribution is -2.17. The van der Waals surface area contributed by atoms with Gasteiger partial charge in [0.1, 0.15) is 11.5 Å². The van der Waals surface area contributed by atoms with Crippen LogP contribution in [0.4, 0.5) is 17.6 Å². The second-order valence-corrected chi connectivity index (χ2v) is 3.96. The summed E-state index contributed by atoms with van der Waals surface area (Å²) in [6.07, 6.45) is -3.62. The van der Waals surface area contributed by atoms with Gasteiger partial charge in [0.05, 0.1) is 19.3 Å². The minimum absolute atomic E-state index is 0.144. The van der Waals surface area contributed by atoms with Crippen LogP contribution in [0.15, 0.2) is 30.5 Å². The summed E-state index contributed by atoms with van der Waals surface area (Å²) in [6.45, 7) is -0.882. The Morgan fingerprint density at radius 3 is 2.32 bits per heavy atom. The predicted molar refractivity (Wildman–Crippen MR) is 58.7 cm³/mol. The summed E-state index contributed by atoms with van der Waals surface area (Å²) < 4.78 is 52.1. The van der Waals surface area contributed by atoms with Crippen LogP contribution in [0.25, 0.3) is 0 Å². The molecular weight excluding hydrogens is 264 g/mol. The molecule has 0 saturated carbocycles. The van der Waals surface area contributed by atoms with Crippen molar-refractivity contribution in [3.05, 3.63) is 53.1 Å². The summed E-state index contributed by atoms with van der Waals surface area (Å²) in [6, 6.07) is 5.10. The molecule has 0 atom stereocenters. The van der Waals surface area contributed by atoms with Crippen molar-refractivity contribution in [2.75, 3.05) is 0 Å². The van der Waals surface area contributed by atoms with Crippen molar-refractivity contribution in [1.29, 1.82) is 0 Å². The minimum atomic E-state index is -4.60. The number of aliphatic hydroxyl groups excluding tert-OH is 1.